The van der Waals surface area contributed by atoms with Gasteiger partial charge in [0.05, 0.1) is 17.0 Å². The Bertz CT molecular complexity index is 367. The zero-order chi connectivity index (χ0) is 10.7. The molecule has 74 valence electrons. The fourth-order valence-corrected chi connectivity index (χ4v) is 1.44. The maximum atomic E-state index is 11.5. The van der Waals surface area contributed by atoms with Gasteiger partial charge < -0.3 is 5.73 Å². The first kappa shape index (κ1) is 10.7. The van der Waals surface area contributed by atoms with Crippen LogP contribution in [0.15, 0.2) is 18.2 Å². The number of rotatable bonds is 3. The van der Waals surface area contributed by atoms with E-state index in [0.717, 1.165) is 0 Å². The molecule has 1 rings (SSSR count). The van der Waals surface area contributed by atoms with E-state index < -0.39 is 0 Å². The molecule has 0 saturated carbocycles. The lowest BCUT2D eigenvalue weighted by atomic mass is 10.0. The first-order valence-corrected chi connectivity index (χ1v) is 4.46. The van der Waals surface area contributed by atoms with Gasteiger partial charge in [0.15, 0.2) is 5.78 Å². The van der Waals surface area contributed by atoms with Crippen molar-refractivity contribution in [3.63, 3.8) is 0 Å². The van der Waals surface area contributed by atoms with Gasteiger partial charge in [-0.2, -0.15) is 0 Å². The second-order valence-corrected chi connectivity index (χ2v) is 3.41. The summed E-state index contributed by atoms with van der Waals surface area (Å²) in [6, 6.07) is 4.81. The summed E-state index contributed by atoms with van der Waals surface area (Å²) in [5.74, 6) is -0.532. The summed E-state index contributed by atoms with van der Waals surface area (Å²) in [5, 5.41) is 0.288. The topological polar surface area (TPSA) is 60.2 Å². The predicted molar refractivity (Wildman–Crippen MR) is 55.5 cm³/mol. The summed E-state index contributed by atoms with van der Waals surface area (Å²) in [5.41, 5.74) is 6.13. The van der Waals surface area contributed by atoms with E-state index in [1.807, 2.05) is 0 Å². The molecule has 3 nitrogen and oxygen atoms in total. The molecule has 1 aromatic carbocycles. The number of halogens is 1. The average Bonchev–Trinajstić information content (AvgIpc) is 2.01. The van der Waals surface area contributed by atoms with Gasteiger partial charge in [0, 0.05) is 5.69 Å². The standard InChI is InChI=1S/C10H10ClNO2/c1-6(13)5-9(14)10-7(11)3-2-4-8(10)12/h2-4H,5,12H2,1H3. The molecule has 0 radical (unpaired) electrons. The van der Waals surface area contributed by atoms with Crippen LogP contribution in [0.25, 0.3) is 0 Å². The summed E-state index contributed by atoms with van der Waals surface area (Å²) in [6.45, 7) is 1.35. The number of Topliss-reactive ketones (excluding diaryl/α,β-unsaturated/α-hetero) is 2. The Morgan fingerprint density at radius 3 is 2.57 bits per heavy atom. The van der Waals surface area contributed by atoms with E-state index in [-0.39, 0.29) is 28.6 Å². The van der Waals surface area contributed by atoms with E-state index in [2.05, 4.69) is 0 Å². The molecule has 0 amide bonds. The number of hydrogen-bond acceptors (Lipinski definition) is 3. The van der Waals surface area contributed by atoms with Crippen LogP contribution in [-0.2, 0) is 4.79 Å². The summed E-state index contributed by atoms with van der Waals surface area (Å²) in [4.78, 5) is 22.3. The Morgan fingerprint density at radius 1 is 1.43 bits per heavy atom. The van der Waals surface area contributed by atoms with E-state index in [1.54, 1.807) is 18.2 Å². The lowest BCUT2D eigenvalue weighted by molar-refractivity contribution is -0.116. The third kappa shape index (κ3) is 2.33. The average molecular weight is 212 g/mol. The van der Waals surface area contributed by atoms with Crippen LogP contribution in [-0.4, -0.2) is 11.6 Å². The van der Waals surface area contributed by atoms with Crippen molar-refractivity contribution >= 4 is 28.9 Å². The van der Waals surface area contributed by atoms with Gasteiger partial charge >= 0.3 is 0 Å². The SMILES string of the molecule is CC(=O)CC(=O)c1c(N)cccc1Cl. The fourth-order valence-electron chi connectivity index (χ4n) is 1.15. The van der Waals surface area contributed by atoms with E-state index in [9.17, 15) is 9.59 Å². The first-order valence-electron chi connectivity index (χ1n) is 4.09. The highest BCUT2D eigenvalue weighted by molar-refractivity contribution is 6.35. The van der Waals surface area contributed by atoms with Crippen molar-refractivity contribution in [1.82, 2.24) is 0 Å². The lowest BCUT2D eigenvalue weighted by Crippen LogP contribution is -2.08. The molecule has 0 heterocycles. The van der Waals surface area contributed by atoms with E-state index in [1.165, 1.54) is 6.92 Å². The Labute approximate surface area is 86.9 Å². The molecule has 0 aromatic heterocycles. The number of nitrogens with two attached hydrogens (primary N) is 1. The van der Waals surface area contributed by atoms with Crippen molar-refractivity contribution in [3.05, 3.63) is 28.8 Å². The van der Waals surface area contributed by atoms with Crippen LogP contribution in [0.3, 0.4) is 0 Å². The zero-order valence-electron chi connectivity index (χ0n) is 7.71. The highest BCUT2D eigenvalue weighted by Gasteiger charge is 2.14. The van der Waals surface area contributed by atoms with Crippen molar-refractivity contribution in [2.75, 3.05) is 5.73 Å². The molecule has 14 heavy (non-hydrogen) atoms. The molecule has 0 aliphatic heterocycles. The Morgan fingerprint density at radius 2 is 2.07 bits per heavy atom. The maximum Gasteiger partial charge on any atom is 0.173 e. The van der Waals surface area contributed by atoms with Crippen LogP contribution >= 0.6 is 11.6 Å². The predicted octanol–water partition coefficient (Wildman–Crippen LogP) is 2.08. The first-order chi connectivity index (χ1) is 6.52. The highest BCUT2D eigenvalue weighted by Crippen LogP contribution is 2.23. The molecule has 0 aliphatic carbocycles. The molecule has 0 unspecified atom stereocenters. The molecule has 0 aliphatic rings. The van der Waals surface area contributed by atoms with Crippen LogP contribution in [0, 0.1) is 0 Å². The molecule has 0 bridgehead atoms. The molecule has 0 fully saturated rings. The molecule has 4 heteroatoms. The molecule has 0 spiro atoms. The Balaban J connectivity index is 3.06. The minimum atomic E-state index is -0.333. The van der Waals surface area contributed by atoms with Crippen LogP contribution < -0.4 is 5.73 Å². The number of nitrogen functional groups attached to an aromatic ring is 1. The fraction of sp³-hybridized carbons (Fsp3) is 0.200. The second-order valence-electron chi connectivity index (χ2n) is 3.01. The highest BCUT2D eigenvalue weighted by atomic mass is 35.5. The number of hydrogen-bond donors (Lipinski definition) is 1. The minimum absolute atomic E-state index is 0.159. The molecule has 0 saturated heterocycles. The van der Waals surface area contributed by atoms with Crippen molar-refractivity contribution in [2.24, 2.45) is 0 Å². The van der Waals surface area contributed by atoms with Gasteiger partial charge in [0.25, 0.3) is 0 Å². The summed E-state index contributed by atoms with van der Waals surface area (Å²) < 4.78 is 0. The van der Waals surface area contributed by atoms with Gasteiger partial charge in [0.1, 0.15) is 5.78 Å². The van der Waals surface area contributed by atoms with Crippen molar-refractivity contribution in [2.45, 2.75) is 13.3 Å². The molecule has 2 N–H and O–H groups in total. The van der Waals surface area contributed by atoms with Gasteiger partial charge in [-0.1, -0.05) is 17.7 Å². The molecular weight excluding hydrogens is 202 g/mol. The summed E-state index contributed by atoms with van der Waals surface area (Å²) >= 11 is 5.80. The molecule has 0 atom stereocenters. The third-order valence-electron chi connectivity index (χ3n) is 1.73. The van der Waals surface area contributed by atoms with E-state index >= 15 is 0 Å². The Kier molecular flexibility index (Phi) is 3.25. The normalized spacial score (nSPS) is 9.86. The van der Waals surface area contributed by atoms with Gasteiger partial charge in [-0.05, 0) is 19.1 Å². The maximum absolute atomic E-state index is 11.5. The number of benzene rings is 1. The summed E-state index contributed by atoms with van der Waals surface area (Å²) in [7, 11) is 0. The van der Waals surface area contributed by atoms with Gasteiger partial charge in [0.2, 0.25) is 0 Å². The van der Waals surface area contributed by atoms with Crippen LogP contribution in [0.2, 0.25) is 5.02 Å². The summed E-state index contributed by atoms with van der Waals surface area (Å²) in [6.07, 6.45) is -0.159. The van der Waals surface area contributed by atoms with Crippen molar-refractivity contribution in [3.8, 4) is 0 Å². The van der Waals surface area contributed by atoms with E-state index in [0.29, 0.717) is 5.69 Å². The van der Waals surface area contributed by atoms with Gasteiger partial charge in [-0.25, -0.2) is 0 Å². The monoisotopic (exact) mass is 211 g/mol. The molecule has 1 aromatic rings. The van der Waals surface area contributed by atoms with Crippen molar-refractivity contribution in [1.29, 1.82) is 0 Å². The quantitative estimate of drug-likeness (QED) is 0.473. The largest absolute Gasteiger partial charge is 0.398 e. The minimum Gasteiger partial charge on any atom is -0.398 e. The van der Waals surface area contributed by atoms with E-state index in [4.69, 9.17) is 17.3 Å². The number of ketones is 2. The van der Waals surface area contributed by atoms with Crippen LogP contribution in [0.5, 0.6) is 0 Å². The number of carbonyl (C=O) groups is 2. The smallest absolute Gasteiger partial charge is 0.173 e. The second kappa shape index (κ2) is 4.24. The zero-order valence-corrected chi connectivity index (χ0v) is 8.47. The van der Waals surface area contributed by atoms with Gasteiger partial charge in [-0.15, -0.1) is 0 Å². The Hall–Kier alpha value is -1.35. The third-order valence-corrected chi connectivity index (χ3v) is 2.05. The van der Waals surface area contributed by atoms with Crippen LogP contribution in [0.4, 0.5) is 5.69 Å². The molecular formula is C10H10ClNO2. The number of anilines is 1. The van der Waals surface area contributed by atoms with Crippen molar-refractivity contribution < 1.29 is 9.59 Å². The number of carbonyl (C=O) groups excluding carboxylic acids is 2. The van der Waals surface area contributed by atoms with Crippen LogP contribution in [0.1, 0.15) is 23.7 Å². The lowest BCUT2D eigenvalue weighted by Gasteiger charge is -2.04. The van der Waals surface area contributed by atoms with Gasteiger partial charge in [-0.3, -0.25) is 9.59 Å².